The highest BCUT2D eigenvalue weighted by molar-refractivity contribution is 5.12. The summed E-state index contributed by atoms with van der Waals surface area (Å²) < 4.78 is 5.69. The fourth-order valence-electron chi connectivity index (χ4n) is 5.30. The van der Waals surface area contributed by atoms with Crippen LogP contribution >= 0.6 is 0 Å². The average Bonchev–Trinajstić information content (AvgIpc) is 2.76. The van der Waals surface area contributed by atoms with E-state index in [1.165, 1.54) is 38.5 Å². The van der Waals surface area contributed by atoms with E-state index in [1.807, 2.05) is 0 Å². The van der Waals surface area contributed by atoms with E-state index < -0.39 is 0 Å². The summed E-state index contributed by atoms with van der Waals surface area (Å²) in [6.45, 7) is 3.17. The van der Waals surface area contributed by atoms with E-state index in [0.717, 1.165) is 6.61 Å². The highest BCUT2D eigenvalue weighted by atomic mass is 17.0. The number of nitrogens with zero attached hydrogens (tertiary/aromatic N) is 1. The third kappa shape index (κ3) is 1.16. The zero-order valence-electron chi connectivity index (χ0n) is 11.4. The van der Waals surface area contributed by atoms with Crippen molar-refractivity contribution in [3.8, 4) is 0 Å². The van der Waals surface area contributed by atoms with Crippen molar-refractivity contribution in [3.05, 3.63) is 0 Å². The van der Waals surface area contributed by atoms with Crippen LogP contribution in [0.1, 0.15) is 45.4 Å². The number of methoxy groups -OCH3 is 1. The van der Waals surface area contributed by atoms with Gasteiger partial charge in [0.05, 0.1) is 12.1 Å². The van der Waals surface area contributed by atoms with Gasteiger partial charge in [-0.3, -0.25) is 4.84 Å². The molecule has 2 aliphatic heterocycles. The lowest BCUT2D eigenvalue weighted by Gasteiger charge is -2.63. The lowest BCUT2D eigenvalue weighted by Crippen LogP contribution is -2.69. The van der Waals surface area contributed by atoms with Gasteiger partial charge in [0, 0.05) is 18.4 Å². The molecule has 4 nitrogen and oxygen atoms in total. The van der Waals surface area contributed by atoms with Gasteiger partial charge in [-0.15, -0.1) is 0 Å². The first-order chi connectivity index (χ1) is 8.72. The largest absolute Gasteiger partial charge is 0.353 e. The summed E-state index contributed by atoms with van der Waals surface area (Å²) in [4.78, 5) is 11.8. The molecule has 18 heavy (non-hydrogen) atoms. The van der Waals surface area contributed by atoms with Crippen molar-refractivity contribution in [1.29, 1.82) is 0 Å². The Labute approximate surface area is 108 Å². The summed E-state index contributed by atoms with van der Waals surface area (Å²) in [7, 11) is 1.77. The molecule has 2 saturated heterocycles. The molecule has 5 unspecified atom stereocenters. The van der Waals surface area contributed by atoms with Gasteiger partial charge in [-0.25, -0.2) is 4.84 Å². The third-order valence-corrected chi connectivity index (χ3v) is 6.23. The molecule has 4 fully saturated rings. The van der Waals surface area contributed by atoms with Crippen LogP contribution in [0.5, 0.6) is 0 Å². The second-order valence-electron chi connectivity index (χ2n) is 6.72. The zero-order valence-corrected chi connectivity index (χ0v) is 11.4. The number of hydrogen-bond donors (Lipinski definition) is 0. The van der Waals surface area contributed by atoms with Crippen molar-refractivity contribution >= 4 is 0 Å². The monoisotopic (exact) mass is 253 g/mol. The Balaban J connectivity index is 1.82. The van der Waals surface area contributed by atoms with Crippen molar-refractivity contribution < 1.29 is 14.4 Å². The summed E-state index contributed by atoms with van der Waals surface area (Å²) in [5.74, 6) is 1.30. The molecule has 2 aliphatic carbocycles. The lowest BCUT2D eigenvalue weighted by molar-refractivity contribution is -0.489. The molecule has 0 spiro atoms. The van der Waals surface area contributed by atoms with Crippen molar-refractivity contribution in [2.24, 2.45) is 17.3 Å². The smallest absolute Gasteiger partial charge is 0.185 e. The van der Waals surface area contributed by atoms with Gasteiger partial charge in [0.25, 0.3) is 0 Å². The van der Waals surface area contributed by atoms with Gasteiger partial charge in [-0.2, -0.15) is 0 Å². The number of rotatable bonds is 1. The van der Waals surface area contributed by atoms with E-state index in [9.17, 15) is 0 Å². The molecule has 102 valence electrons. The summed E-state index contributed by atoms with van der Waals surface area (Å²) in [5.41, 5.74) is 0.316. The summed E-state index contributed by atoms with van der Waals surface area (Å²) in [6.07, 6.45) is 7.61. The number of hydrogen-bond acceptors (Lipinski definition) is 4. The maximum absolute atomic E-state index is 6.05. The molecule has 0 amide bonds. The van der Waals surface area contributed by atoms with E-state index in [0.29, 0.717) is 11.8 Å². The number of ether oxygens (including phenoxy) is 1. The SMILES string of the molecule is COC1ON2OCC3CCC14CCCCC4C32C. The second kappa shape index (κ2) is 3.69. The van der Waals surface area contributed by atoms with Crippen LogP contribution in [-0.4, -0.2) is 30.8 Å². The molecule has 4 heteroatoms. The van der Waals surface area contributed by atoms with Gasteiger partial charge < -0.3 is 4.74 Å². The minimum absolute atomic E-state index is 0.0771. The van der Waals surface area contributed by atoms with Crippen molar-refractivity contribution in [1.82, 2.24) is 5.23 Å². The van der Waals surface area contributed by atoms with Gasteiger partial charge in [0.1, 0.15) is 0 Å². The molecule has 2 heterocycles. The molecule has 0 N–H and O–H groups in total. The van der Waals surface area contributed by atoms with E-state index in [4.69, 9.17) is 14.4 Å². The Morgan fingerprint density at radius 3 is 2.94 bits per heavy atom. The van der Waals surface area contributed by atoms with Crippen molar-refractivity contribution in [3.63, 3.8) is 0 Å². The lowest BCUT2D eigenvalue weighted by atomic mass is 9.50. The summed E-state index contributed by atoms with van der Waals surface area (Å²) >= 11 is 0. The molecule has 2 saturated carbocycles. The molecule has 2 bridgehead atoms. The molecule has 4 rings (SSSR count). The van der Waals surface area contributed by atoms with Gasteiger partial charge in [-0.05, 0) is 38.5 Å². The fraction of sp³-hybridized carbons (Fsp3) is 1.00. The van der Waals surface area contributed by atoms with Crippen LogP contribution in [0.15, 0.2) is 0 Å². The molecular formula is C14H23NO3. The van der Waals surface area contributed by atoms with Gasteiger partial charge in [0.2, 0.25) is 0 Å². The predicted molar refractivity (Wildman–Crippen MR) is 65.2 cm³/mol. The Hall–Kier alpha value is -0.160. The van der Waals surface area contributed by atoms with Crippen LogP contribution in [0.4, 0.5) is 0 Å². The van der Waals surface area contributed by atoms with Gasteiger partial charge in [-0.1, -0.05) is 18.1 Å². The van der Waals surface area contributed by atoms with E-state index in [-0.39, 0.29) is 17.2 Å². The quantitative estimate of drug-likeness (QED) is 0.718. The summed E-state index contributed by atoms with van der Waals surface area (Å²) in [6, 6.07) is 0. The highest BCUT2D eigenvalue weighted by Gasteiger charge is 2.69. The van der Waals surface area contributed by atoms with Crippen molar-refractivity contribution in [2.75, 3.05) is 13.7 Å². The van der Waals surface area contributed by atoms with Gasteiger partial charge >= 0.3 is 0 Å². The first-order valence-electron chi connectivity index (χ1n) is 7.34. The Morgan fingerprint density at radius 1 is 1.22 bits per heavy atom. The van der Waals surface area contributed by atoms with Crippen LogP contribution in [0.2, 0.25) is 0 Å². The van der Waals surface area contributed by atoms with E-state index in [2.05, 4.69) is 6.92 Å². The normalized spacial score (nSPS) is 55.3. The first-order valence-corrected chi connectivity index (χ1v) is 7.34. The van der Waals surface area contributed by atoms with E-state index >= 15 is 0 Å². The third-order valence-electron chi connectivity index (χ3n) is 6.23. The zero-order chi connectivity index (χ0) is 12.4. The van der Waals surface area contributed by atoms with Crippen LogP contribution in [0.25, 0.3) is 0 Å². The van der Waals surface area contributed by atoms with Crippen molar-refractivity contribution in [2.45, 2.75) is 57.3 Å². The molecule has 0 aromatic heterocycles. The Bertz CT molecular complexity index is 363. The fourth-order valence-corrected chi connectivity index (χ4v) is 5.30. The molecule has 4 aliphatic rings. The van der Waals surface area contributed by atoms with Crippen LogP contribution < -0.4 is 0 Å². The highest BCUT2D eigenvalue weighted by Crippen LogP contribution is 2.64. The van der Waals surface area contributed by atoms with Crippen LogP contribution in [-0.2, 0) is 14.4 Å². The molecule has 0 aromatic carbocycles. The number of hydroxylamine groups is 2. The van der Waals surface area contributed by atoms with Gasteiger partial charge in [0.15, 0.2) is 6.29 Å². The molecule has 0 aromatic rings. The molecule has 0 radical (unpaired) electrons. The Morgan fingerprint density at radius 2 is 2.11 bits per heavy atom. The minimum atomic E-state index is -0.116. The van der Waals surface area contributed by atoms with E-state index in [1.54, 1.807) is 12.3 Å². The molecular weight excluding hydrogens is 230 g/mol. The second-order valence-corrected chi connectivity index (χ2v) is 6.72. The topological polar surface area (TPSA) is 30.9 Å². The first kappa shape index (κ1) is 11.6. The average molecular weight is 253 g/mol. The van der Waals surface area contributed by atoms with Crippen LogP contribution in [0, 0.1) is 17.3 Å². The Kier molecular flexibility index (Phi) is 2.39. The minimum Gasteiger partial charge on any atom is -0.353 e. The molecule has 5 atom stereocenters. The predicted octanol–water partition coefficient (Wildman–Crippen LogP) is 2.50. The summed E-state index contributed by atoms with van der Waals surface area (Å²) in [5, 5.41) is 1.80. The maximum atomic E-state index is 6.05. The standard InChI is InChI=1S/C14H23NO3/c1-13-10-6-8-14(7-4-3-5-11(13)14)12(16-2)18-15(13)17-9-10/h10-12H,3-9H2,1-2H3. The van der Waals surface area contributed by atoms with Crippen LogP contribution in [0.3, 0.4) is 0 Å². The maximum Gasteiger partial charge on any atom is 0.185 e.